The van der Waals surface area contributed by atoms with Gasteiger partial charge in [0.2, 0.25) is 16.0 Å². The molecular formula is C26H30N6O4S. The van der Waals surface area contributed by atoms with Crippen molar-refractivity contribution in [2.45, 2.75) is 10.9 Å². The second-order valence-electron chi connectivity index (χ2n) is 9.94. The van der Waals surface area contributed by atoms with Crippen molar-refractivity contribution in [1.82, 2.24) is 19.2 Å². The van der Waals surface area contributed by atoms with Gasteiger partial charge in [0.15, 0.2) is 0 Å². The molecule has 0 spiro atoms. The van der Waals surface area contributed by atoms with Crippen LogP contribution in [0.1, 0.15) is 10.4 Å². The number of piperidine rings is 1. The molecule has 2 aromatic carbocycles. The number of nitrogens with zero attached hydrogens (tertiary/aromatic N) is 5. The molecule has 2 aliphatic heterocycles. The van der Waals surface area contributed by atoms with Gasteiger partial charge in [-0.3, -0.25) is 9.69 Å². The number of rotatable bonds is 8. The van der Waals surface area contributed by atoms with Crippen LogP contribution in [-0.4, -0.2) is 92.0 Å². The molecule has 37 heavy (non-hydrogen) atoms. The summed E-state index contributed by atoms with van der Waals surface area (Å²) in [6, 6.07) is 13.1. The summed E-state index contributed by atoms with van der Waals surface area (Å²) in [6.45, 7) is 5.44. The number of amides is 1. The van der Waals surface area contributed by atoms with Crippen LogP contribution in [0.2, 0.25) is 0 Å². The van der Waals surface area contributed by atoms with E-state index < -0.39 is 15.9 Å². The Morgan fingerprint density at radius 1 is 1.03 bits per heavy atom. The number of hydrogen-bond acceptors (Lipinski definition) is 8. The van der Waals surface area contributed by atoms with Crippen molar-refractivity contribution in [3.8, 4) is 0 Å². The van der Waals surface area contributed by atoms with E-state index >= 15 is 0 Å². The zero-order valence-corrected chi connectivity index (χ0v) is 21.3. The van der Waals surface area contributed by atoms with E-state index in [1.165, 1.54) is 12.4 Å². The lowest BCUT2D eigenvalue weighted by Crippen LogP contribution is -2.45. The molecule has 194 valence electrons. The summed E-state index contributed by atoms with van der Waals surface area (Å²) in [4.78, 5) is 24.6. The number of carbonyl (C=O) groups is 1. The van der Waals surface area contributed by atoms with Gasteiger partial charge in [-0.25, -0.2) is 18.4 Å². The van der Waals surface area contributed by atoms with Gasteiger partial charge in [-0.05, 0) is 34.7 Å². The molecule has 1 aliphatic carbocycles. The largest absolute Gasteiger partial charge is 0.379 e. The van der Waals surface area contributed by atoms with Gasteiger partial charge in [-0.2, -0.15) is 4.31 Å². The van der Waals surface area contributed by atoms with Gasteiger partial charge in [0, 0.05) is 57.7 Å². The second-order valence-corrected chi connectivity index (χ2v) is 11.8. The van der Waals surface area contributed by atoms with E-state index in [4.69, 9.17) is 10.5 Å². The van der Waals surface area contributed by atoms with Crippen LogP contribution in [-0.2, 0) is 14.8 Å². The normalized spacial score (nSPS) is 23.9. The van der Waals surface area contributed by atoms with Crippen LogP contribution in [0.3, 0.4) is 0 Å². The summed E-state index contributed by atoms with van der Waals surface area (Å²) in [7, 11) is -3.70. The molecule has 1 amide bonds. The van der Waals surface area contributed by atoms with Gasteiger partial charge >= 0.3 is 0 Å². The quantitative estimate of drug-likeness (QED) is 0.468. The highest BCUT2D eigenvalue weighted by Crippen LogP contribution is 2.51. The maximum Gasteiger partial charge on any atom is 0.251 e. The number of ether oxygens (including phenoxy) is 1. The van der Waals surface area contributed by atoms with Crippen molar-refractivity contribution in [3.63, 3.8) is 0 Å². The molecular weight excluding hydrogens is 492 g/mol. The number of nitrogens with two attached hydrogens (primary N) is 1. The minimum atomic E-state index is -3.70. The summed E-state index contributed by atoms with van der Waals surface area (Å²) in [5.41, 5.74) is 5.56. The standard InChI is InChI=1S/C26H30N6O4S/c27-25(33)20-14-28-26(29-15-20)31-16-22-23(17-31)24(22)32(8-7-30-9-11-36-12-10-30)37(34,35)21-6-5-18-3-1-2-4-19(18)13-21/h1-6,13-15,22-24H,7-12,16-17H2,(H2,27,33). The van der Waals surface area contributed by atoms with E-state index in [0.29, 0.717) is 50.2 Å². The van der Waals surface area contributed by atoms with Crippen molar-refractivity contribution < 1.29 is 17.9 Å². The van der Waals surface area contributed by atoms with E-state index in [9.17, 15) is 13.2 Å². The third kappa shape index (κ3) is 4.68. The molecule has 3 aromatic rings. The van der Waals surface area contributed by atoms with Crippen molar-refractivity contribution in [1.29, 1.82) is 0 Å². The van der Waals surface area contributed by atoms with Gasteiger partial charge in [-0.1, -0.05) is 30.3 Å². The molecule has 10 nitrogen and oxygen atoms in total. The summed E-state index contributed by atoms with van der Waals surface area (Å²) in [5.74, 6) is 0.387. The lowest BCUT2D eigenvalue weighted by molar-refractivity contribution is 0.0359. The molecule has 3 aliphatic rings. The van der Waals surface area contributed by atoms with Gasteiger partial charge in [0.1, 0.15) is 0 Å². The van der Waals surface area contributed by atoms with Crippen LogP contribution in [0.5, 0.6) is 0 Å². The monoisotopic (exact) mass is 522 g/mol. The minimum Gasteiger partial charge on any atom is -0.379 e. The van der Waals surface area contributed by atoms with Crippen molar-refractivity contribution >= 4 is 32.7 Å². The Hall–Kier alpha value is -3.12. The summed E-state index contributed by atoms with van der Waals surface area (Å²) >= 11 is 0. The number of aromatic nitrogens is 2. The first kappa shape index (κ1) is 24.2. The number of fused-ring (bicyclic) bond motifs is 2. The fourth-order valence-corrected chi connectivity index (χ4v) is 7.40. The Kier molecular flexibility index (Phi) is 6.31. The molecule has 6 rings (SSSR count). The fraction of sp³-hybridized carbons (Fsp3) is 0.423. The van der Waals surface area contributed by atoms with Crippen LogP contribution in [0.25, 0.3) is 10.8 Å². The molecule has 2 atom stereocenters. The van der Waals surface area contributed by atoms with Gasteiger partial charge < -0.3 is 15.4 Å². The number of carbonyl (C=O) groups excluding carboxylic acids is 1. The molecule has 0 radical (unpaired) electrons. The van der Waals surface area contributed by atoms with Crippen LogP contribution in [0.4, 0.5) is 5.95 Å². The highest BCUT2D eigenvalue weighted by Gasteiger charge is 2.61. The molecule has 2 saturated heterocycles. The van der Waals surface area contributed by atoms with E-state index in [1.807, 2.05) is 30.3 Å². The topological polar surface area (TPSA) is 122 Å². The second kappa shape index (κ2) is 9.64. The van der Waals surface area contributed by atoms with Crippen LogP contribution < -0.4 is 10.6 Å². The Morgan fingerprint density at radius 3 is 2.38 bits per heavy atom. The number of anilines is 1. The first-order valence-corrected chi connectivity index (χ1v) is 14.0. The Labute approximate surface area is 216 Å². The highest BCUT2D eigenvalue weighted by molar-refractivity contribution is 7.89. The highest BCUT2D eigenvalue weighted by atomic mass is 32.2. The predicted octanol–water partition coefficient (Wildman–Crippen LogP) is 1.19. The lowest BCUT2D eigenvalue weighted by atomic mass is 10.1. The van der Waals surface area contributed by atoms with E-state index in [0.717, 1.165) is 23.9 Å². The van der Waals surface area contributed by atoms with Crippen molar-refractivity contribution in [2.75, 3.05) is 57.4 Å². The zero-order valence-electron chi connectivity index (χ0n) is 20.4. The third-order valence-corrected chi connectivity index (χ3v) is 9.65. The third-order valence-electron chi connectivity index (χ3n) is 7.75. The number of morpholine rings is 1. The van der Waals surface area contributed by atoms with Crippen LogP contribution in [0.15, 0.2) is 59.8 Å². The van der Waals surface area contributed by atoms with Gasteiger partial charge in [0.05, 0.1) is 23.7 Å². The molecule has 1 saturated carbocycles. The van der Waals surface area contributed by atoms with Crippen LogP contribution in [0, 0.1) is 11.8 Å². The van der Waals surface area contributed by atoms with Crippen molar-refractivity contribution in [3.05, 3.63) is 60.4 Å². The van der Waals surface area contributed by atoms with E-state index in [-0.39, 0.29) is 23.4 Å². The predicted molar refractivity (Wildman–Crippen MR) is 139 cm³/mol. The zero-order chi connectivity index (χ0) is 25.6. The maximum atomic E-state index is 14.0. The molecule has 0 bridgehead atoms. The minimum absolute atomic E-state index is 0.0568. The first-order valence-electron chi connectivity index (χ1n) is 12.6. The van der Waals surface area contributed by atoms with Crippen molar-refractivity contribution in [2.24, 2.45) is 17.6 Å². The maximum absolute atomic E-state index is 14.0. The number of benzene rings is 2. The lowest BCUT2D eigenvalue weighted by Gasteiger charge is -2.31. The SMILES string of the molecule is NC(=O)c1cnc(N2CC3C(C2)C3N(CCN2CCOCC2)S(=O)(=O)c2ccc3ccccc3c2)nc1. The summed E-state index contributed by atoms with van der Waals surface area (Å²) < 4.78 is 35.2. The first-order chi connectivity index (χ1) is 17.9. The molecule has 2 N–H and O–H groups in total. The number of hydrogen-bond donors (Lipinski definition) is 1. The van der Waals surface area contributed by atoms with E-state index in [2.05, 4.69) is 19.8 Å². The molecule has 2 unspecified atom stereocenters. The molecule has 1 aromatic heterocycles. The Balaban J connectivity index is 1.22. The van der Waals surface area contributed by atoms with E-state index in [1.54, 1.807) is 16.4 Å². The molecule has 3 fully saturated rings. The summed E-state index contributed by atoms with van der Waals surface area (Å²) in [5, 5.41) is 1.93. The average molecular weight is 523 g/mol. The number of primary amides is 1. The Morgan fingerprint density at radius 2 is 1.70 bits per heavy atom. The number of sulfonamides is 1. The Bertz CT molecular complexity index is 1400. The summed E-state index contributed by atoms with van der Waals surface area (Å²) in [6.07, 6.45) is 2.87. The van der Waals surface area contributed by atoms with Crippen LogP contribution >= 0.6 is 0 Å². The molecule has 3 heterocycles. The smallest absolute Gasteiger partial charge is 0.251 e. The fourth-order valence-electron chi connectivity index (χ4n) is 5.65. The van der Waals surface area contributed by atoms with Gasteiger partial charge in [-0.15, -0.1) is 0 Å². The van der Waals surface area contributed by atoms with Gasteiger partial charge in [0.25, 0.3) is 5.91 Å². The molecule has 11 heteroatoms. The average Bonchev–Trinajstić information content (AvgIpc) is 3.38.